The van der Waals surface area contributed by atoms with Gasteiger partial charge in [-0.3, -0.25) is 0 Å². The molecule has 1 aromatic rings. The van der Waals surface area contributed by atoms with Crippen molar-refractivity contribution in [1.29, 1.82) is 0 Å². The summed E-state index contributed by atoms with van der Waals surface area (Å²) in [5.74, 6) is 1.05. The minimum Gasteiger partial charge on any atom is -0.468 e. The van der Waals surface area contributed by atoms with Gasteiger partial charge in [-0.1, -0.05) is 19.9 Å². The van der Waals surface area contributed by atoms with E-state index in [4.69, 9.17) is 4.42 Å². The van der Waals surface area contributed by atoms with Gasteiger partial charge in [-0.2, -0.15) is 0 Å². The summed E-state index contributed by atoms with van der Waals surface area (Å²) >= 11 is 0. The van der Waals surface area contributed by atoms with Gasteiger partial charge < -0.3 is 14.6 Å². The average molecular weight is 250 g/mol. The van der Waals surface area contributed by atoms with Gasteiger partial charge in [0.25, 0.3) is 0 Å². The highest BCUT2D eigenvalue weighted by molar-refractivity contribution is 5.16. The van der Waals surface area contributed by atoms with Gasteiger partial charge in [-0.05, 0) is 32.5 Å². The summed E-state index contributed by atoms with van der Waals surface area (Å²) in [4.78, 5) is 2.33. The molecule has 3 nitrogen and oxygen atoms in total. The molecule has 102 valence electrons. The summed E-state index contributed by atoms with van der Waals surface area (Å²) in [5.41, 5.74) is 1.28. The lowest BCUT2D eigenvalue weighted by Gasteiger charge is -2.16. The fourth-order valence-corrected chi connectivity index (χ4v) is 1.84. The molecule has 3 heteroatoms. The Morgan fingerprint density at radius 1 is 1.50 bits per heavy atom. The molecule has 0 aromatic carbocycles. The standard InChI is InChI=1S/C15H26N2O/c1-5-6-7-9-17(4)12-14-8-10-18-15(14)11-16-13(2)3/h5,8,10,13,16H,1,6-7,9,11-12H2,2-4H3. The minimum absolute atomic E-state index is 0.480. The Kier molecular flexibility index (Phi) is 6.76. The molecule has 1 heterocycles. The molecule has 0 aliphatic heterocycles. The molecule has 0 radical (unpaired) electrons. The van der Waals surface area contributed by atoms with Crippen LogP contribution in [0.4, 0.5) is 0 Å². The number of unbranched alkanes of at least 4 members (excludes halogenated alkanes) is 1. The summed E-state index contributed by atoms with van der Waals surface area (Å²) in [7, 11) is 2.15. The van der Waals surface area contributed by atoms with Crippen LogP contribution in [0.25, 0.3) is 0 Å². The molecular weight excluding hydrogens is 224 g/mol. The minimum atomic E-state index is 0.480. The van der Waals surface area contributed by atoms with Gasteiger partial charge in [0.1, 0.15) is 5.76 Å². The van der Waals surface area contributed by atoms with Crippen LogP contribution in [0.15, 0.2) is 29.4 Å². The zero-order chi connectivity index (χ0) is 13.4. The maximum atomic E-state index is 5.54. The van der Waals surface area contributed by atoms with Crippen LogP contribution >= 0.6 is 0 Å². The second kappa shape index (κ2) is 8.11. The van der Waals surface area contributed by atoms with Crippen LogP contribution in [-0.4, -0.2) is 24.5 Å². The van der Waals surface area contributed by atoms with E-state index in [2.05, 4.69) is 43.8 Å². The average Bonchev–Trinajstić information content (AvgIpc) is 2.74. The summed E-state index contributed by atoms with van der Waals surface area (Å²) < 4.78 is 5.54. The molecule has 0 saturated heterocycles. The predicted molar refractivity (Wildman–Crippen MR) is 76.4 cm³/mol. The number of allylic oxidation sites excluding steroid dienone is 1. The SMILES string of the molecule is C=CCCCN(C)Cc1ccoc1CNC(C)C. The molecule has 0 saturated carbocycles. The Morgan fingerprint density at radius 2 is 2.28 bits per heavy atom. The number of furan rings is 1. The van der Waals surface area contributed by atoms with Gasteiger partial charge in [0.05, 0.1) is 12.8 Å². The summed E-state index contributed by atoms with van der Waals surface area (Å²) in [6, 6.07) is 2.55. The second-order valence-corrected chi connectivity index (χ2v) is 5.07. The first kappa shape index (κ1) is 15.0. The number of hydrogen-bond donors (Lipinski definition) is 1. The molecule has 0 atom stereocenters. The normalized spacial score (nSPS) is 11.4. The second-order valence-electron chi connectivity index (χ2n) is 5.07. The third kappa shape index (κ3) is 5.52. The largest absolute Gasteiger partial charge is 0.468 e. The Balaban J connectivity index is 2.41. The highest BCUT2D eigenvalue weighted by atomic mass is 16.3. The van der Waals surface area contributed by atoms with E-state index in [1.54, 1.807) is 6.26 Å². The van der Waals surface area contributed by atoms with Crippen LogP contribution in [0.5, 0.6) is 0 Å². The first-order valence-corrected chi connectivity index (χ1v) is 6.71. The monoisotopic (exact) mass is 250 g/mol. The van der Waals surface area contributed by atoms with E-state index in [9.17, 15) is 0 Å². The lowest BCUT2D eigenvalue weighted by atomic mass is 10.2. The first-order chi connectivity index (χ1) is 8.63. The fraction of sp³-hybridized carbons (Fsp3) is 0.600. The molecular formula is C15H26N2O. The third-order valence-corrected chi connectivity index (χ3v) is 2.90. The van der Waals surface area contributed by atoms with Crippen molar-refractivity contribution in [2.75, 3.05) is 13.6 Å². The fourth-order valence-electron chi connectivity index (χ4n) is 1.84. The Labute approximate surface area is 111 Å². The summed E-state index contributed by atoms with van der Waals surface area (Å²) in [6.07, 6.45) is 6.00. The molecule has 0 unspecified atom stereocenters. The molecule has 1 aromatic heterocycles. The van der Waals surface area contributed by atoms with Gasteiger partial charge in [0.15, 0.2) is 0 Å². The molecule has 0 amide bonds. The van der Waals surface area contributed by atoms with Gasteiger partial charge >= 0.3 is 0 Å². The molecule has 0 aliphatic carbocycles. The molecule has 0 fully saturated rings. The summed E-state index contributed by atoms with van der Waals surface area (Å²) in [6.45, 7) is 10.9. The molecule has 1 rings (SSSR count). The maximum absolute atomic E-state index is 5.54. The molecule has 0 bridgehead atoms. The molecule has 1 N–H and O–H groups in total. The summed E-state index contributed by atoms with van der Waals surface area (Å²) in [5, 5.41) is 3.39. The van der Waals surface area contributed by atoms with Crippen LogP contribution < -0.4 is 5.32 Å². The molecule has 18 heavy (non-hydrogen) atoms. The van der Waals surface area contributed by atoms with E-state index in [1.165, 1.54) is 5.56 Å². The number of nitrogens with zero attached hydrogens (tertiary/aromatic N) is 1. The lowest BCUT2D eigenvalue weighted by molar-refractivity contribution is 0.318. The van der Waals surface area contributed by atoms with Crippen LogP contribution in [0.1, 0.15) is 38.0 Å². The van der Waals surface area contributed by atoms with E-state index in [1.807, 2.05) is 6.08 Å². The van der Waals surface area contributed by atoms with E-state index in [-0.39, 0.29) is 0 Å². The smallest absolute Gasteiger partial charge is 0.122 e. The van der Waals surface area contributed by atoms with Crippen molar-refractivity contribution >= 4 is 0 Å². The van der Waals surface area contributed by atoms with Gasteiger partial charge in [-0.15, -0.1) is 6.58 Å². The van der Waals surface area contributed by atoms with Crippen molar-refractivity contribution in [3.05, 3.63) is 36.3 Å². The van der Waals surface area contributed by atoms with Gasteiger partial charge in [0.2, 0.25) is 0 Å². The van der Waals surface area contributed by atoms with Gasteiger partial charge in [0, 0.05) is 18.2 Å². The van der Waals surface area contributed by atoms with Crippen molar-refractivity contribution in [2.24, 2.45) is 0 Å². The Bertz CT molecular complexity index is 344. The van der Waals surface area contributed by atoms with E-state index >= 15 is 0 Å². The predicted octanol–water partition coefficient (Wildman–Crippen LogP) is 3.18. The van der Waals surface area contributed by atoms with Crippen molar-refractivity contribution in [1.82, 2.24) is 10.2 Å². The zero-order valence-corrected chi connectivity index (χ0v) is 11.9. The Morgan fingerprint density at radius 3 is 2.94 bits per heavy atom. The lowest BCUT2D eigenvalue weighted by Crippen LogP contribution is -2.23. The van der Waals surface area contributed by atoms with Crippen molar-refractivity contribution < 1.29 is 4.42 Å². The first-order valence-electron chi connectivity index (χ1n) is 6.71. The zero-order valence-electron chi connectivity index (χ0n) is 11.9. The Hall–Kier alpha value is -1.06. The number of nitrogens with one attached hydrogen (secondary N) is 1. The third-order valence-electron chi connectivity index (χ3n) is 2.90. The number of hydrogen-bond acceptors (Lipinski definition) is 3. The molecule has 0 aliphatic rings. The van der Waals surface area contributed by atoms with Crippen molar-refractivity contribution in [3.63, 3.8) is 0 Å². The van der Waals surface area contributed by atoms with Crippen LogP contribution in [0.3, 0.4) is 0 Å². The van der Waals surface area contributed by atoms with Crippen LogP contribution in [0.2, 0.25) is 0 Å². The number of rotatable bonds is 9. The van der Waals surface area contributed by atoms with E-state index in [0.29, 0.717) is 6.04 Å². The van der Waals surface area contributed by atoms with Crippen LogP contribution in [-0.2, 0) is 13.1 Å². The van der Waals surface area contributed by atoms with Crippen molar-refractivity contribution in [3.8, 4) is 0 Å². The quantitative estimate of drug-likeness (QED) is 0.539. The van der Waals surface area contributed by atoms with E-state index in [0.717, 1.165) is 38.2 Å². The van der Waals surface area contributed by atoms with E-state index < -0.39 is 0 Å². The highest BCUT2D eigenvalue weighted by Crippen LogP contribution is 2.13. The van der Waals surface area contributed by atoms with Gasteiger partial charge in [-0.25, -0.2) is 0 Å². The maximum Gasteiger partial charge on any atom is 0.122 e. The topological polar surface area (TPSA) is 28.4 Å². The molecule has 0 spiro atoms. The highest BCUT2D eigenvalue weighted by Gasteiger charge is 2.09. The van der Waals surface area contributed by atoms with Crippen molar-refractivity contribution in [2.45, 2.75) is 45.8 Å². The van der Waals surface area contributed by atoms with Crippen LogP contribution in [0, 0.1) is 0 Å².